The molecule has 1 aliphatic rings. The topological polar surface area (TPSA) is 45.2 Å². The number of pyridine rings is 1. The van der Waals surface area contributed by atoms with E-state index in [1.807, 2.05) is 13.8 Å². The van der Waals surface area contributed by atoms with Gasteiger partial charge in [0, 0.05) is 30.8 Å². The summed E-state index contributed by atoms with van der Waals surface area (Å²) in [5.41, 5.74) is 0.821. The standard InChI is InChI=1S/C13H18BrN3O/c1-9-6-10(14)7-16-11(9)17-5-4-13(2,8-17)12(18)15-3/h6-7H,4-5,8H2,1-3H3,(H,15,18). The van der Waals surface area contributed by atoms with Crippen molar-refractivity contribution in [3.63, 3.8) is 0 Å². The normalized spacial score (nSPS) is 23.2. The van der Waals surface area contributed by atoms with E-state index in [0.29, 0.717) is 0 Å². The summed E-state index contributed by atoms with van der Waals surface area (Å²) in [7, 11) is 1.69. The van der Waals surface area contributed by atoms with E-state index in [0.717, 1.165) is 35.4 Å². The molecule has 0 aliphatic carbocycles. The minimum atomic E-state index is -0.310. The Balaban J connectivity index is 2.20. The molecule has 0 saturated carbocycles. The number of rotatable bonds is 2. The number of aryl methyl sites for hydroxylation is 1. The van der Waals surface area contributed by atoms with Crippen LogP contribution in [-0.2, 0) is 4.79 Å². The fourth-order valence-corrected chi connectivity index (χ4v) is 2.94. The maximum atomic E-state index is 11.9. The summed E-state index contributed by atoms with van der Waals surface area (Å²) in [6, 6.07) is 2.05. The Kier molecular flexibility index (Phi) is 3.61. The SMILES string of the molecule is CNC(=O)C1(C)CCN(c2ncc(Br)cc2C)C1. The van der Waals surface area contributed by atoms with Gasteiger partial charge in [0.05, 0.1) is 5.41 Å². The number of hydrogen-bond donors (Lipinski definition) is 1. The molecule has 1 aliphatic heterocycles. The first-order valence-corrected chi connectivity index (χ1v) is 6.85. The van der Waals surface area contributed by atoms with Crippen molar-refractivity contribution in [1.82, 2.24) is 10.3 Å². The van der Waals surface area contributed by atoms with Crippen LogP contribution in [-0.4, -0.2) is 31.0 Å². The number of nitrogens with zero attached hydrogens (tertiary/aromatic N) is 2. The van der Waals surface area contributed by atoms with Crippen LogP contribution in [0.5, 0.6) is 0 Å². The molecule has 2 rings (SSSR count). The lowest BCUT2D eigenvalue weighted by Crippen LogP contribution is -2.39. The maximum absolute atomic E-state index is 11.9. The van der Waals surface area contributed by atoms with Crippen LogP contribution in [0.1, 0.15) is 18.9 Å². The van der Waals surface area contributed by atoms with Gasteiger partial charge in [0.2, 0.25) is 5.91 Å². The third-order valence-corrected chi connectivity index (χ3v) is 4.00. The molecule has 1 atom stereocenters. The van der Waals surface area contributed by atoms with Gasteiger partial charge in [-0.25, -0.2) is 4.98 Å². The highest BCUT2D eigenvalue weighted by Crippen LogP contribution is 2.34. The zero-order chi connectivity index (χ0) is 13.3. The number of carbonyl (C=O) groups excluding carboxylic acids is 1. The molecular formula is C13H18BrN3O. The first-order chi connectivity index (χ1) is 8.46. The van der Waals surface area contributed by atoms with Gasteiger partial charge in [0.25, 0.3) is 0 Å². The van der Waals surface area contributed by atoms with Gasteiger partial charge in [-0.15, -0.1) is 0 Å². The summed E-state index contributed by atoms with van der Waals surface area (Å²) in [5.74, 6) is 1.09. The summed E-state index contributed by atoms with van der Waals surface area (Å²) < 4.78 is 0.983. The summed E-state index contributed by atoms with van der Waals surface area (Å²) >= 11 is 3.42. The molecule has 1 unspecified atom stereocenters. The lowest BCUT2D eigenvalue weighted by atomic mass is 9.89. The van der Waals surface area contributed by atoms with Crippen molar-refractivity contribution in [3.05, 3.63) is 22.3 Å². The van der Waals surface area contributed by atoms with Crippen LogP contribution in [0.25, 0.3) is 0 Å². The van der Waals surface area contributed by atoms with Gasteiger partial charge in [0.15, 0.2) is 0 Å². The van der Waals surface area contributed by atoms with E-state index in [2.05, 4.69) is 37.2 Å². The molecule has 18 heavy (non-hydrogen) atoms. The van der Waals surface area contributed by atoms with Crippen molar-refractivity contribution in [2.45, 2.75) is 20.3 Å². The minimum absolute atomic E-state index is 0.111. The van der Waals surface area contributed by atoms with Crippen LogP contribution in [0, 0.1) is 12.3 Å². The van der Waals surface area contributed by atoms with E-state index in [4.69, 9.17) is 0 Å². The van der Waals surface area contributed by atoms with Crippen molar-refractivity contribution >= 4 is 27.7 Å². The molecule has 0 radical (unpaired) electrons. The molecule has 2 heterocycles. The molecule has 1 aromatic rings. The smallest absolute Gasteiger partial charge is 0.227 e. The van der Waals surface area contributed by atoms with Gasteiger partial charge in [-0.1, -0.05) is 0 Å². The van der Waals surface area contributed by atoms with Crippen LogP contribution < -0.4 is 10.2 Å². The molecule has 1 aromatic heterocycles. The Morgan fingerprint density at radius 3 is 2.94 bits per heavy atom. The molecule has 0 bridgehead atoms. The Morgan fingerprint density at radius 1 is 1.61 bits per heavy atom. The zero-order valence-electron chi connectivity index (χ0n) is 11.0. The molecule has 0 aromatic carbocycles. The molecule has 1 amide bonds. The summed E-state index contributed by atoms with van der Waals surface area (Å²) in [6.07, 6.45) is 2.67. The predicted molar refractivity (Wildman–Crippen MR) is 75.7 cm³/mol. The van der Waals surface area contributed by atoms with Gasteiger partial charge in [-0.2, -0.15) is 0 Å². The quantitative estimate of drug-likeness (QED) is 0.910. The van der Waals surface area contributed by atoms with Gasteiger partial charge < -0.3 is 10.2 Å². The van der Waals surface area contributed by atoms with E-state index < -0.39 is 0 Å². The van der Waals surface area contributed by atoms with E-state index in [9.17, 15) is 4.79 Å². The lowest BCUT2D eigenvalue weighted by Gasteiger charge is -2.24. The second-order valence-corrected chi connectivity index (χ2v) is 6.02. The second kappa shape index (κ2) is 4.88. The number of hydrogen-bond acceptors (Lipinski definition) is 3. The number of aromatic nitrogens is 1. The molecule has 1 fully saturated rings. The zero-order valence-corrected chi connectivity index (χ0v) is 12.5. The van der Waals surface area contributed by atoms with Crippen molar-refractivity contribution in [1.29, 1.82) is 0 Å². The first kappa shape index (κ1) is 13.3. The van der Waals surface area contributed by atoms with Crippen LogP contribution in [0.3, 0.4) is 0 Å². The number of amides is 1. The average molecular weight is 312 g/mol. The number of anilines is 1. The third-order valence-electron chi connectivity index (χ3n) is 3.57. The largest absolute Gasteiger partial charge is 0.359 e. The van der Waals surface area contributed by atoms with Crippen LogP contribution in [0.15, 0.2) is 16.7 Å². The Morgan fingerprint density at radius 2 is 2.33 bits per heavy atom. The average Bonchev–Trinajstić information content (AvgIpc) is 2.72. The minimum Gasteiger partial charge on any atom is -0.359 e. The highest BCUT2D eigenvalue weighted by molar-refractivity contribution is 9.10. The van der Waals surface area contributed by atoms with Crippen LogP contribution in [0.2, 0.25) is 0 Å². The van der Waals surface area contributed by atoms with Crippen LogP contribution >= 0.6 is 15.9 Å². The van der Waals surface area contributed by atoms with Gasteiger partial charge >= 0.3 is 0 Å². The van der Waals surface area contributed by atoms with E-state index in [1.54, 1.807) is 13.2 Å². The first-order valence-electron chi connectivity index (χ1n) is 6.05. The number of halogens is 1. The van der Waals surface area contributed by atoms with Crippen LogP contribution in [0.4, 0.5) is 5.82 Å². The van der Waals surface area contributed by atoms with E-state index >= 15 is 0 Å². The number of carbonyl (C=O) groups is 1. The summed E-state index contributed by atoms with van der Waals surface area (Å²) in [5, 5.41) is 2.75. The molecule has 0 spiro atoms. The Labute approximate surface area is 116 Å². The molecule has 1 N–H and O–H groups in total. The van der Waals surface area contributed by atoms with Crippen molar-refractivity contribution in [2.24, 2.45) is 5.41 Å². The highest BCUT2D eigenvalue weighted by atomic mass is 79.9. The van der Waals surface area contributed by atoms with Gasteiger partial charge in [-0.3, -0.25) is 4.79 Å². The Hall–Kier alpha value is -1.10. The fraction of sp³-hybridized carbons (Fsp3) is 0.538. The second-order valence-electron chi connectivity index (χ2n) is 5.11. The van der Waals surface area contributed by atoms with E-state index in [1.165, 1.54) is 0 Å². The third kappa shape index (κ3) is 2.36. The van der Waals surface area contributed by atoms with Crippen molar-refractivity contribution in [3.8, 4) is 0 Å². The van der Waals surface area contributed by atoms with Crippen molar-refractivity contribution in [2.75, 3.05) is 25.0 Å². The highest BCUT2D eigenvalue weighted by Gasteiger charge is 2.40. The molecule has 1 saturated heterocycles. The van der Waals surface area contributed by atoms with Crippen molar-refractivity contribution < 1.29 is 4.79 Å². The molecular weight excluding hydrogens is 294 g/mol. The maximum Gasteiger partial charge on any atom is 0.227 e. The summed E-state index contributed by atoms with van der Waals surface area (Å²) in [4.78, 5) is 18.5. The fourth-order valence-electron chi connectivity index (χ4n) is 2.49. The van der Waals surface area contributed by atoms with Gasteiger partial charge in [-0.05, 0) is 47.8 Å². The Bertz CT molecular complexity index is 477. The summed E-state index contributed by atoms with van der Waals surface area (Å²) in [6.45, 7) is 5.66. The lowest BCUT2D eigenvalue weighted by molar-refractivity contribution is -0.128. The van der Waals surface area contributed by atoms with E-state index in [-0.39, 0.29) is 11.3 Å². The predicted octanol–water partition coefficient (Wildman–Crippen LogP) is 2.11. The van der Waals surface area contributed by atoms with Gasteiger partial charge in [0.1, 0.15) is 5.82 Å². The number of nitrogens with one attached hydrogen (secondary N) is 1. The molecule has 4 nitrogen and oxygen atoms in total. The molecule has 98 valence electrons. The monoisotopic (exact) mass is 311 g/mol. The molecule has 5 heteroatoms.